The predicted octanol–water partition coefficient (Wildman–Crippen LogP) is 1.65. The lowest BCUT2D eigenvalue weighted by Gasteiger charge is -2.22. The van der Waals surface area contributed by atoms with Crippen LogP contribution in [-0.2, 0) is 4.79 Å². The number of likely N-dealkylation sites (tertiary alicyclic amines) is 1. The standard InChI is InChI=1S/C9H17NO/c1-4-9-5-6-10(7(9)2)8(3)11/h7,9H,4-6H2,1-3H3. The van der Waals surface area contributed by atoms with E-state index in [-0.39, 0.29) is 5.91 Å². The number of nitrogens with zero attached hydrogens (tertiary/aromatic N) is 1. The quantitative estimate of drug-likeness (QED) is 0.564. The Kier molecular flexibility index (Phi) is 2.53. The normalized spacial score (nSPS) is 31.0. The second-order valence-corrected chi connectivity index (χ2v) is 3.41. The number of amides is 1. The van der Waals surface area contributed by atoms with E-state index in [0.717, 1.165) is 12.5 Å². The van der Waals surface area contributed by atoms with E-state index in [9.17, 15) is 4.79 Å². The fourth-order valence-corrected chi connectivity index (χ4v) is 1.99. The number of carbonyl (C=O) groups excluding carboxylic acids is 1. The van der Waals surface area contributed by atoms with Crippen molar-refractivity contribution in [2.45, 2.75) is 39.7 Å². The Morgan fingerprint density at radius 1 is 1.64 bits per heavy atom. The van der Waals surface area contributed by atoms with Crippen molar-refractivity contribution >= 4 is 5.91 Å². The molecule has 0 spiro atoms. The zero-order valence-electron chi connectivity index (χ0n) is 7.63. The predicted molar refractivity (Wildman–Crippen MR) is 45.2 cm³/mol. The summed E-state index contributed by atoms with van der Waals surface area (Å²) in [5.41, 5.74) is 0. The molecule has 1 rings (SSSR count). The molecule has 0 aliphatic carbocycles. The minimum atomic E-state index is 0.230. The SMILES string of the molecule is CCC1CCN(C(C)=O)C1C. The summed E-state index contributed by atoms with van der Waals surface area (Å²) in [4.78, 5) is 13.0. The molecule has 1 saturated heterocycles. The molecule has 0 aromatic carbocycles. The van der Waals surface area contributed by atoms with Crippen molar-refractivity contribution in [2.24, 2.45) is 5.92 Å². The third kappa shape index (κ3) is 1.55. The first-order valence-electron chi connectivity index (χ1n) is 4.44. The van der Waals surface area contributed by atoms with Crippen LogP contribution in [0.15, 0.2) is 0 Å². The zero-order chi connectivity index (χ0) is 8.43. The average Bonchev–Trinajstić information content (AvgIpc) is 2.30. The van der Waals surface area contributed by atoms with Gasteiger partial charge in [0, 0.05) is 19.5 Å². The van der Waals surface area contributed by atoms with Crippen molar-refractivity contribution in [1.29, 1.82) is 0 Å². The maximum Gasteiger partial charge on any atom is 0.219 e. The highest BCUT2D eigenvalue weighted by Crippen LogP contribution is 2.26. The molecule has 1 amide bonds. The van der Waals surface area contributed by atoms with Crippen molar-refractivity contribution in [3.8, 4) is 0 Å². The Hall–Kier alpha value is -0.530. The lowest BCUT2D eigenvalue weighted by Crippen LogP contribution is -2.33. The van der Waals surface area contributed by atoms with Crippen LogP contribution in [0.5, 0.6) is 0 Å². The van der Waals surface area contributed by atoms with Crippen LogP contribution in [0, 0.1) is 5.92 Å². The Bertz CT molecular complexity index is 156. The molecule has 1 heterocycles. The molecule has 2 atom stereocenters. The first-order chi connectivity index (χ1) is 5.16. The van der Waals surface area contributed by atoms with Crippen LogP contribution in [0.3, 0.4) is 0 Å². The van der Waals surface area contributed by atoms with Crippen molar-refractivity contribution in [3.63, 3.8) is 0 Å². The molecule has 1 fully saturated rings. The highest BCUT2D eigenvalue weighted by Gasteiger charge is 2.30. The zero-order valence-corrected chi connectivity index (χ0v) is 7.63. The Morgan fingerprint density at radius 2 is 2.27 bits per heavy atom. The smallest absolute Gasteiger partial charge is 0.219 e. The van der Waals surface area contributed by atoms with Gasteiger partial charge in [-0.3, -0.25) is 4.79 Å². The van der Waals surface area contributed by atoms with E-state index in [0.29, 0.717) is 6.04 Å². The molecule has 2 nitrogen and oxygen atoms in total. The summed E-state index contributed by atoms with van der Waals surface area (Å²) in [6.45, 7) is 6.98. The van der Waals surface area contributed by atoms with Gasteiger partial charge in [-0.15, -0.1) is 0 Å². The minimum Gasteiger partial charge on any atom is -0.340 e. The lowest BCUT2D eigenvalue weighted by molar-refractivity contribution is -0.129. The molecule has 2 heteroatoms. The van der Waals surface area contributed by atoms with E-state index in [1.54, 1.807) is 6.92 Å². The van der Waals surface area contributed by atoms with Crippen LogP contribution in [0.4, 0.5) is 0 Å². The van der Waals surface area contributed by atoms with Gasteiger partial charge in [-0.25, -0.2) is 0 Å². The van der Waals surface area contributed by atoms with Crippen LogP contribution >= 0.6 is 0 Å². The fourth-order valence-electron chi connectivity index (χ4n) is 1.99. The fraction of sp³-hybridized carbons (Fsp3) is 0.889. The van der Waals surface area contributed by atoms with Crippen molar-refractivity contribution in [3.05, 3.63) is 0 Å². The summed E-state index contributed by atoms with van der Waals surface area (Å²) in [5, 5.41) is 0. The Morgan fingerprint density at radius 3 is 2.55 bits per heavy atom. The van der Waals surface area contributed by atoms with Gasteiger partial charge in [0.15, 0.2) is 0 Å². The third-order valence-corrected chi connectivity index (χ3v) is 2.84. The molecule has 1 aliphatic heterocycles. The maximum absolute atomic E-state index is 11.0. The van der Waals surface area contributed by atoms with Gasteiger partial charge in [0.25, 0.3) is 0 Å². The summed E-state index contributed by atoms with van der Waals surface area (Å²) in [5.74, 6) is 0.965. The third-order valence-electron chi connectivity index (χ3n) is 2.84. The van der Waals surface area contributed by atoms with Gasteiger partial charge in [-0.2, -0.15) is 0 Å². The molecule has 0 N–H and O–H groups in total. The van der Waals surface area contributed by atoms with Gasteiger partial charge in [0.05, 0.1) is 0 Å². The van der Waals surface area contributed by atoms with Gasteiger partial charge in [-0.05, 0) is 19.3 Å². The first-order valence-corrected chi connectivity index (χ1v) is 4.44. The molecule has 0 radical (unpaired) electrons. The molecular formula is C9H17NO. The largest absolute Gasteiger partial charge is 0.340 e. The van der Waals surface area contributed by atoms with Crippen LogP contribution in [0.2, 0.25) is 0 Å². The molecule has 0 aromatic heterocycles. The summed E-state index contributed by atoms with van der Waals surface area (Å²) in [6.07, 6.45) is 2.39. The van der Waals surface area contributed by atoms with Gasteiger partial charge >= 0.3 is 0 Å². The van der Waals surface area contributed by atoms with E-state index < -0.39 is 0 Å². The molecule has 0 saturated carbocycles. The Balaban J connectivity index is 2.55. The van der Waals surface area contributed by atoms with Crippen molar-refractivity contribution in [1.82, 2.24) is 4.90 Å². The maximum atomic E-state index is 11.0. The molecule has 1 aliphatic rings. The topological polar surface area (TPSA) is 20.3 Å². The van der Waals surface area contributed by atoms with Crippen molar-refractivity contribution < 1.29 is 4.79 Å². The molecular weight excluding hydrogens is 138 g/mol. The summed E-state index contributed by atoms with van der Waals surface area (Å²) >= 11 is 0. The average molecular weight is 155 g/mol. The summed E-state index contributed by atoms with van der Waals surface area (Å²) < 4.78 is 0. The minimum absolute atomic E-state index is 0.230. The van der Waals surface area contributed by atoms with Crippen LogP contribution < -0.4 is 0 Å². The number of carbonyl (C=O) groups is 1. The highest BCUT2D eigenvalue weighted by molar-refractivity contribution is 5.73. The van der Waals surface area contributed by atoms with E-state index in [4.69, 9.17) is 0 Å². The Labute approximate surface area is 68.6 Å². The van der Waals surface area contributed by atoms with Crippen LogP contribution in [0.25, 0.3) is 0 Å². The van der Waals surface area contributed by atoms with E-state index in [1.165, 1.54) is 12.8 Å². The number of rotatable bonds is 1. The highest BCUT2D eigenvalue weighted by atomic mass is 16.2. The number of hydrogen-bond acceptors (Lipinski definition) is 1. The van der Waals surface area contributed by atoms with Crippen molar-refractivity contribution in [2.75, 3.05) is 6.54 Å². The van der Waals surface area contributed by atoms with E-state index in [2.05, 4.69) is 13.8 Å². The lowest BCUT2D eigenvalue weighted by atomic mass is 9.99. The monoisotopic (exact) mass is 155 g/mol. The second kappa shape index (κ2) is 3.24. The van der Waals surface area contributed by atoms with Crippen LogP contribution in [-0.4, -0.2) is 23.4 Å². The van der Waals surface area contributed by atoms with E-state index in [1.807, 2.05) is 4.90 Å². The molecule has 0 aromatic rings. The summed E-state index contributed by atoms with van der Waals surface area (Å²) in [7, 11) is 0. The second-order valence-electron chi connectivity index (χ2n) is 3.41. The molecule has 0 bridgehead atoms. The molecule has 64 valence electrons. The molecule has 2 unspecified atom stereocenters. The summed E-state index contributed by atoms with van der Waals surface area (Å²) in [6, 6.07) is 0.470. The van der Waals surface area contributed by atoms with E-state index >= 15 is 0 Å². The van der Waals surface area contributed by atoms with Crippen LogP contribution in [0.1, 0.15) is 33.6 Å². The van der Waals surface area contributed by atoms with Gasteiger partial charge < -0.3 is 4.90 Å². The van der Waals surface area contributed by atoms with Gasteiger partial charge in [0.2, 0.25) is 5.91 Å². The molecule has 11 heavy (non-hydrogen) atoms. The first kappa shape index (κ1) is 8.57. The van der Waals surface area contributed by atoms with Gasteiger partial charge in [-0.1, -0.05) is 13.3 Å². The number of hydrogen-bond donors (Lipinski definition) is 0. The van der Waals surface area contributed by atoms with Gasteiger partial charge in [0.1, 0.15) is 0 Å².